The molecule has 2 rings (SSSR count). The number of carbonyl (C=O) groups excluding carboxylic acids is 2. The molecular weight excluding hydrogens is 356 g/mol. The lowest BCUT2D eigenvalue weighted by Crippen LogP contribution is -2.29. The van der Waals surface area contributed by atoms with Gasteiger partial charge in [0.2, 0.25) is 0 Å². The molecule has 0 heterocycles. The zero-order valence-corrected chi connectivity index (χ0v) is 14.9. The van der Waals surface area contributed by atoms with E-state index in [1.807, 2.05) is 45.0 Å². The van der Waals surface area contributed by atoms with E-state index in [0.717, 1.165) is 15.6 Å². The zero-order chi connectivity index (χ0) is 17.0. The number of hydrogen-bond acceptors (Lipinski definition) is 2. The van der Waals surface area contributed by atoms with Crippen molar-refractivity contribution in [1.82, 2.24) is 0 Å². The molecular formula is C18H19BrN2O2. The van der Waals surface area contributed by atoms with Gasteiger partial charge in [0, 0.05) is 15.8 Å². The van der Waals surface area contributed by atoms with Gasteiger partial charge in [-0.25, -0.2) is 0 Å². The van der Waals surface area contributed by atoms with Crippen molar-refractivity contribution in [2.24, 2.45) is 0 Å². The summed E-state index contributed by atoms with van der Waals surface area (Å²) in [4.78, 5) is 24.3. The number of rotatable bonds is 3. The summed E-state index contributed by atoms with van der Waals surface area (Å²) in [7, 11) is 0. The third-order valence-corrected chi connectivity index (χ3v) is 3.95. The van der Waals surface area contributed by atoms with E-state index in [1.54, 1.807) is 18.2 Å². The second kappa shape index (κ2) is 7.42. The summed E-state index contributed by atoms with van der Waals surface area (Å²) >= 11 is 3.33. The molecule has 0 aliphatic carbocycles. The monoisotopic (exact) mass is 374 g/mol. The predicted molar refractivity (Wildman–Crippen MR) is 96.7 cm³/mol. The fraction of sp³-hybridized carbons (Fsp3) is 0.222. The molecule has 23 heavy (non-hydrogen) atoms. The molecule has 0 saturated heterocycles. The molecule has 2 aromatic rings. The average Bonchev–Trinajstić information content (AvgIpc) is 2.48. The Balaban J connectivity index is 2.15. The van der Waals surface area contributed by atoms with Crippen molar-refractivity contribution in [1.29, 1.82) is 0 Å². The molecule has 0 aliphatic rings. The summed E-state index contributed by atoms with van der Waals surface area (Å²) in [6.07, 6.45) is 0. The lowest BCUT2D eigenvalue weighted by Gasteiger charge is -2.16. The molecule has 5 heteroatoms. The standard InChI is InChI=1S/C18H19BrN2O2/c1-11(2)15-9-4-6-12(3)16(15)21-18(23)17(22)20-14-8-5-7-13(19)10-14/h4-11H,1-3H3,(H,20,22)(H,21,23). The Kier molecular flexibility index (Phi) is 5.55. The van der Waals surface area contributed by atoms with E-state index >= 15 is 0 Å². The average molecular weight is 375 g/mol. The molecule has 0 atom stereocenters. The lowest BCUT2D eigenvalue weighted by atomic mass is 9.98. The number of carbonyl (C=O) groups is 2. The molecule has 0 saturated carbocycles. The quantitative estimate of drug-likeness (QED) is 0.779. The molecule has 120 valence electrons. The van der Waals surface area contributed by atoms with Gasteiger partial charge in [-0.05, 0) is 42.2 Å². The van der Waals surface area contributed by atoms with Crippen LogP contribution in [0.25, 0.3) is 0 Å². The lowest BCUT2D eigenvalue weighted by molar-refractivity contribution is -0.133. The van der Waals surface area contributed by atoms with E-state index in [2.05, 4.69) is 26.6 Å². The summed E-state index contributed by atoms with van der Waals surface area (Å²) < 4.78 is 0.830. The highest BCUT2D eigenvalue weighted by atomic mass is 79.9. The van der Waals surface area contributed by atoms with Gasteiger partial charge in [-0.2, -0.15) is 0 Å². The molecule has 2 aromatic carbocycles. The molecule has 0 radical (unpaired) electrons. The van der Waals surface area contributed by atoms with Crippen molar-refractivity contribution in [2.75, 3.05) is 10.6 Å². The van der Waals surface area contributed by atoms with E-state index in [9.17, 15) is 9.59 Å². The second-order valence-electron chi connectivity index (χ2n) is 5.61. The normalized spacial score (nSPS) is 10.5. The van der Waals surface area contributed by atoms with Crippen LogP contribution in [0.2, 0.25) is 0 Å². The van der Waals surface area contributed by atoms with Crippen molar-refractivity contribution >= 4 is 39.1 Å². The largest absolute Gasteiger partial charge is 0.318 e. The van der Waals surface area contributed by atoms with E-state index in [0.29, 0.717) is 11.4 Å². The first-order valence-electron chi connectivity index (χ1n) is 7.36. The van der Waals surface area contributed by atoms with E-state index in [-0.39, 0.29) is 5.92 Å². The van der Waals surface area contributed by atoms with Crippen molar-refractivity contribution in [3.05, 3.63) is 58.1 Å². The number of aryl methyl sites for hydroxylation is 1. The van der Waals surface area contributed by atoms with Crippen LogP contribution in [-0.2, 0) is 9.59 Å². The van der Waals surface area contributed by atoms with Gasteiger partial charge >= 0.3 is 11.8 Å². The molecule has 0 aliphatic heterocycles. The maximum absolute atomic E-state index is 12.2. The number of nitrogens with one attached hydrogen (secondary N) is 2. The minimum atomic E-state index is -0.693. The van der Waals surface area contributed by atoms with Crippen LogP contribution in [-0.4, -0.2) is 11.8 Å². The van der Waals surface area contributed by atoms with Gasteiger partial charge in [0.15, 0.2) is 0 Å². The fourth-order valence-electron chi connectivity index (χ4n) is 2.27. The van der Waals surface area contributed by atoms with Gasteiger partial charge in [0.1, 0.15) is 0 Å². The van der Waals surface area contributed by atoms with Gasteiger partial charge in [0.05, 0.1) is 0 Å². The van der Waals surface area contributed by atoms with Crippen molar-refractivity contribution in [3.8, 4) is 0 Å². The molecule has 4 nitrogen and oxygen atoms in total. The van der Waals surface area contributed by atoms with Crippen molar-refractivity contribution < 1.29 is 9.59 Å². The fourth-order valence-corrected chi connectivity index (χ4v) is 2.67. The highest BCUT2D eigenvalue weighted by Gasteiger charge is 2.18. The molecule has 2 N–H and O–H groups in total. The van der Waals surface area contributed by atoms with Crippen LogP contribution in [0.15, 0.2) is 46.9 Å². The van der Waals surface area contributed by atoms with Gasteiger partial charge in [0.25, 0.3) is 0 Å². The first kappa shape index (κ1) is 17.2. The minimum absolute atomic E-state index is 0.248. The SMILES string of the molecule is Cc1cccc(C(C)C)c1NC(=O)C(=O)Nc1cccc(Br)c1. The molecule has 0 fully saturated rings. The molecule has 0 unspecified atom stereocenters. The maximum Gasteiger partial charge on any atom is 0.314 e. The maximum atomic E-state index is 12.2. The smallest absolute Gasteiger partial charge is 0.314 e. The van der Waals surface area contributed by atoms with Gasteiger partial charge in [-0.3, -0.25) is 9.59 Å². The van der Waals surface area contributed by atoms with Crippen LogP contribution in [0.4, 0.5) is 11.4 Å². The zero-order valence-electron chi connectivity index (χ0n) is 13.3. The van der Waals surface area contributed by atoms with Crippen LogP contribution < -0.4 is 10.6 Å². The molecule has 0 bridgehead atoms. The summed E-state index contributed by atoms with van der Waals surface area (Å²) in [5, 5.41) is 5.32. The van der Waals surface area contributed by atoms with E-state index in [1.165, 1.54) is 0 Å². The summed E-state index contributed by atoms with van der Waals surface area (Å²) in [6, 6.07) is 12.9. The van der Waals surface area contributed by atoms with Crippen LogP contribution in [0, 0.1) is 6.92 Å². The van der Waals surface area contributed by atoms with E-state index in [4.69, 9.17) is 0 Å². The Morgan fingerprint density at radius 1 is 1.00 bits per heavy atom. The third-order valence-electron chi connectivity index (χ3n) is 3.45. The minimum Gasteiger partial charge on any atom is -0.318 e. The van der Waals surface area contributed by atoms with Crippen LogP contribution in [0.1, 0.15) is 30.9 Å². The Labute approximate surface area is 144 Å². The number of benzene rings is 2. The Morgan fingerprint density at radius 2 is 1.65 bits per heavy atom. The van der Waals surface area contributed by atoms with Gasteiger partial charge in [-0.15, -0.1) is 0 Å². The number of anilines is 2. The number of amides is 2. The second-order valence-corrected chi connectivity index (χ2v) is 6.53. The first-order valence-corrected chi connectivity index (χ1v) is 8.15. The highest BCUT2D eigenvalue weighted by Crippen LogP contribution is 2.27. The predicted octanol–water partition coefficient (Wildman–Crippen LogP) is 4.46. The van der Waals surface area contributed by atoms with Crippen LogP contribution in [0.3, 0.4) is 0 Å². The third kappa shape index (κ3) is 4.42. The topological polar surface area (TPSA) is 58.2 Å². The van der Waals surface area contributed by atoms with Crippen LogP contribution >= 0.6 is 15.9 Å². The number of halogens is 1. The Morgan fingerprint density at radius 3 is 2.30 bits per heavy atom. The van der Waals surface area contributed by atoms with Gasteiger partial charge < -0.3 is 10.6 Å². The first-order chi connectivity index (χ1) is 10.9. The number of para-hydroxylation sites is 1. The highest BCUT2D eigenvalue weighted by molar-refractivity contribution is 9.10. The summed E-state index contributed by atoms with van der Waals surface area (Å²) in [6.45, 7) is 6.01. The molecule has 0 spiro atoms. The van der Waals surface area contributed by atoms with Crippen molar-refractivity contribution in [3.63, 3.8) is 0 Å². The summed E-state index contributed by atoms with van der Waals surface area (Å²) in [5.74, 6) is -1.12. The van der Waals surface area contributed by atoms with E-state index < -0.39 is 11.8 Å². The Bertz CT molecular complexity index is 742. The van der Waals surface area contributed by atoms with Gasteiger partial charge in [-0.1, -0.05) is 54.0 Å². The molecule has 2 amide bonds. The van der Waals surface area contributed by atoms with Crippen LogP contribution in [0.5, 0.6) is 0 Å². The summed E-state index contributed by atoms with van der Waals surface area (Å²) in [5.41, 5.74) is 3.21. The Hall–Kier alpha value is -2.14. The van der Waals surface area contributed by atoms with Crippen molar-refractivity contribution in [2.45, 2.75) is 26.7 Å². The number of hydrogen-bond donors (Lipinski definition) is 2. The molecule has 0 aromatic heterocycles.